The number of halogens is 1. The number of methoxy groups -OCH3 is 1. The van der Waals surface area contributed by atoms with Gasteiger partial charge in [-0.15, -0.1) is 0 Å². The summed E-state index contributed by atoms with van der Waals surface area (Å²) in [6.45, 7) is 7.03. The average molecular weight is 406 g/mol. The Kier molecular flexibility index (Phi) is 8.08. The van der Waals surface area contributed by atoms with Gasteiger partial charge >= 0.3 is 0 Å². The van der Waals surface area contributed by atoms with E-state index in [1.165, 1.54) is 42.7 Å². The van der Waals surface area contributed by atoms with Crippen molar-refractivity contribution in [2.45, 2.75) is 49.8 Å². The van der Waals surface area contributed by atoms with Gasteiger partial charge in [0.05, 0.1) is 13.7 Å². The van der Waals surface area contributed by atoms with E-state index >= 15 is 0 Å². The Balaban J connectivity index is 0.00000261. The predicted octanol–water partition coefficient (Wildman–Crippen LogP) is 1.40. The fraction of sp³-hybridized carbons (Fsp3) is 0.478. The van der Waals surface area contributed by atoms with Gasteiger partial charge in [-0.05, 0) is 48.4 Å². The fourth-order valence-corrected chi connectivity index (χ4v) is 5.71. The van der Waals surface area contributed by atoms with Gasteiger partial charge in [0.1, 0.15) is 12.3 Å². The number of ether oxygens (including phenoxy) is 1. The van der Waals surface area contributed by atoms with Crippen molar-refractivity contribution in [2.75, 3.05) is 19.4 Å². The Morgan fingerprint density at radius 1 is 1.04 bits per heavy atom. The van der Waals surface area contributed by atoms with Crippen molar-refractivity contribution in [3.05, 3.63) is 65.7 Å². The Labute approximate surface area is 174 Å². The Morgan fingerprint density at radius 3 is 2.37 bits per heavy atom. The molecule has 0 spiro atoms. The van der Waals surface area contributed by atoms with Crippen LogP contribution in [0, 0.1) is 0 Å². The third-order valence-electron chi connectivity index (χ3n) is 5.59. The van der Waals surface area contributed by atoms with E-state index in [1.807, 2.05) is 0 Å². The van der Waals surface area contributed by atoms with Gasteiger partial charge in [0.25, 0.3) is 0 Å². The summed E-state index contributed by atoms with van der Waals surface area (Å²) in [4.78, 5) is 0. The molecular weight excluding hydrogens is 374 g/mol. The molecule has 27 heavy (non-hydrogen) atoms. The number of quaternary nitrogens is 1. The van der Waals surface area contributed by atoms with Crippen LogP contribution in [0.1, 0.15) is 44.2 Å². The van der Waals surface area contributed by atoms with Crippen molar-refractivity contribution >= 4 is 11.8 Å². The maximum Gasteiger partial charge on any atom is 0.118 e. The zero-order valence-corrected chi connectivity index (χ0v) is 18.3. The molecule has 0 aromatic heterocycles. The SMILES string of the molecule is COc1ccc(C[NH2+]CCC2(c3ccccc3)CCSC(C)(C)C2)cc1.[Cl-]. The molecule has 2 aromatic rings. The molecule has 1 heterocycles. The van der Waals surface area contributed by atoms with Crippen molar-refractivity contribution in [1.82, 2.24) is 0 Å². The largest absolute Gasteiger partial charge is 1.00 e. The van der Waals surface area contributed by atoms with Gasteiger partial charge in [-0.1, -0.05) is 44.2 Å². The molecule has 1 aliphatic rings. The summed E-state index contributed by atoms with van der Waals surface area (Å²) < 4.78 is 5.61. The first-order valence-electron chi connectivity index (χ1n) is 9.67. The van der Waals surface area contributed by atoms with Crippen LogP contribution in [0.2, 0.25) is 0 Å². The van der Waals surface area contributed by atoms with Crippen LogP contribution >= 0.6 is 11.8 Å². The van der Waals surface area contributed by atoms with Crippen LogP contribution in [0.4, 0.5) is 0 Å². The van der Waals surface area contributed by atoms with E-state index < -0.39 is 0 Å². The summed E-state index contributed by atoms with van der Waals surface area (Å²) in [5.74, 6) is 2.19. The first-order chi connectivity index (χ1) is 12.5. The molecule has 3 rings (SSSR count). The van der Waals surface area contributed by atoms with Crippen LogP contribution < -0.4 is 22.5 Å². The highest BCUT2D eigenvalue weighted by Gasteiger charge is 2.41. The quantitative estimate of drug-likeness (QED) is 0.704. The maximum atomic E-state index is 5.24. The highest BCUT2D eigenvalue weighted by atomic mass is 35.5. The normalized spacial score (nSPS) is 21.3. The van der Waals surface area contributed by atoms with Gasteiger partial charge in [-0.3, -0.25) is 0 Å². The second-order valence-electron chi connectivity index (χ2n) is 8.06. The molecule has 1 aliphatic heterocycles. The fourth-order valence-electron chi connectivity index (χ4n) is 4.28. The summed E-state index contributed by atoms with van der Waals surface area (Å²) in [5.41, 5.74) is 3.22. The second-order valence-corrected chi connectivity index (χ2v) is 9.86. The van der Waals surface area contributed by atoms with E-state index in [1.54, 1.807) is 7.11 Å². The number of nitrogens with two attached hydrogens (primary N) is 1. The smallest absolute Gasteiger partial charge is 0.118 e. The molecule has 2 aromatic carbocycles. The molecule has 1 atom stereocenters. The second kappa shape index (κ2) is 9.86. The zero-order chi connectivity index (χ0) is 18.5. The zero-order valence-electron chi connectivity index (χ0n) is 16.7. The Hall–Kier alpha value is -1.16. The minimum atomic E-state index is 0. The summed E-state index contributed by atoms with van der Waals surface area (Å²) in [5, 5.41) is 2.46. The summed E-state index contributed by atoms with van der Waals surface area (Å²) in [7, 11) is 1.72. The van der Waals surface area contributed by atoms with E-state index in [9.17, 15) is 0 Å². The summed E-state index contributed by atoms with van der Waals surface area (Å²) in [6.07, 6.45) is 3.81. The standard InChI is InChI=1S/C23H31NOS.ClH/c1-22(2)18-23(14-16-26-22,20-7-5-4-6-8-20)13-15-24-17-19-9-11-21(25-3)12-10-19;/h4-12,24H,13-18H2,1-3H3;1H. The lowest BCUT2D eigenvalue weighted by Crippen LogP contribution is -3.00. The molecule has 1 saturated heterocycles. The topological polar surface area (TPSA) is 25.8 Å². The van der Waals surface area contributed by atoms with E-state index in [-0.39, 0.29) is 12.4 Å². The van der Waals surface area contributed by atoms with Crippen molar-refractivity contribution in [1.29, 1.82) is 0 Å². The van der Waals surface area contributed by atoms with Crippen LogP contribution in [0.25, 0.3) is 0 Å². The lowest BCUT2D eigenvalue weighted by molar-refractivity contribution is -0.671. The van der Waals surface area contributed by atoms with Gasteiger partial charge in [0, 0.05) is 22.1 Å². The van der Waals surface area contributed by atoms with Crippen LogP contribution in [0.5, 0.6) is 5.75 Å². The molecule has 0 aliphatic carbocycles. The molecule has 0 radical (unpaired) electrons. The van der Waals surface area contributed by atoms with Crippen LogP contribution in [0.15, 0.2) is 54.6 Å². The number of thioether (sulfide) groups is 1. The third kappa shape index (κ3) is 5.91. The van der Waals surface area contributed by atoms with Crippen molar-refractivity contribution in [3.63, 3.8) is 0 Å². The molecule has 1 unspecified atom stereocenters. The van der Waals surface area contributed by atoms with Gasteiger partial charge in [-0.2, -0.15) is 11.8 Å². The first kappa shape index (κ1) is 22.1. The molecule has 0 amide bonds. The number of benzene rings is 2. The van der Waals surface area contributed by atoms with Crippen LogP contribution in [-0.2, 0) is 12.0 Å². The van der Waals surface area contributed by atoms with Gasteiger partial charge < -0.3 is 22.5 Å². The molecule has 0 saturated carbocycles. The molecule has 0 bridgehead atoms. The molecular formula is C23H32ClNOS. The van der Waals surface area contributed by atoms with E-state index in [0.29, 0.717) is 10.2 Å². The minimum Gasteiger partial charge on any atom is -1.00 e. The Morgan fingerprint density at radius 2 is 1.74 bits per heavy atom. The Bertz CT molecular complexity index is 689. The monoisotopic (exact) mass is 405 g/mol. The van der Waals surface area contributed by atoms with Crippen LogP contribution in [-0.4, -0.2) is 24.2 Å². The molecule has 148 valence electrons. The highest BCUT2D eigenvalue weighted by molar-refractivity contribution is 8.00. The van der Waals surface area contributed by atoms with Crippen LogP contribution in [0.3, 0.4) is 0 Å². The van der Waals surface area contributed by atoms with Crippen molar-refractivity contribution in [3.8, 4) is 5.75 Å². The van der Waals surface area contributed by atoms with Gasteiger partial charge in [-0.25, -0.2) is 0 Å². The third-order valence-corrected chi connectivity index (χ3v) is 6.92. The maximum absolute atomic E-state index is 5.24. The number of rotatable bonds is 7. The van der Waals surface area contributed by atoms with Crippen molar-refractivity contribution < 1.29 is 22.5 Å². The van der Waals surface area contributed by atoms with Gasteiger partial charge in [0.2, 0.25) is 0 Å². The summed E-state index contributed by atoms with van der Waals surface area (Å²) in [6, 6.07) is 19.7. The van der Waals surface area contributed by atoms with Gasteiger partial charge in [0.15, 0.2) is 0 Å². The average Bonchev–Trinajstić information content (AvgIpc) is 2.66. The molecule has 1 fully saturated rings. The van der Waals surface area contributed by atoms with E-state index in [4.69, 9.17) is 4.74 Å². The first-order valence-corrected chi connectivity index (χ1v) is 10.7. The van der Waals surface area contributed by atoms with E-state index in [2.05, 4.69) is 85.5 Å². The molecule has 4 heteroatoms. The minimum absolute atomic E-state index is 0. The number of hydrogen-bond acceptors (Lipinski definition) is 2. The predicted molar refractivity (Wildman–Crippen MR) is 112 cm³/mol. The summed E-state index contributed by atoms with van der Waals surface area (Å²) >= 11 is 2.13. The lowest BCUT2D eigenvalue weighted by Gasteiger charge is -2.45. The lowest BCUT2D eigenvalue weighted by atomic mass is 9.69. The number of hydrogen-bond donors (Lipinski definition) is 1. The van der Waals surface area contributed by atoms with E-state index in [0.717, 1.165) is 12.3 Å². The molecule has 2 N–H and O–H groups in total. The molecule has 2 nitrogen and oxygen atoms in total. The van der Waals surface area contributed by atoms with Crippen molar-refractivity contribution in [2.24, 2.45) is 0 Å². The highest BCUT2D eigenvalue weighted by Crippen LogP contribution is 2.48.